The molecule has 4 unspecified atom stereocenters. The van der Waals surface area contributed by atoms with E-state index in [4.69, 9.17) is 0 Å². The first-order chi connectivity index (χ1) is 8.62. The number of rotatable bonds is 2. The minimum atomic E-state index is -0.274. The van der Waals surface area contributed by atoms with Crippen molar-refractivity contribution < 1.29 is 0 Å². The molecule has 3 heteroatoms. The van der Waals surface area contributed by atoms with E-state index in [2.05, 4.69) is 30.1 Å². The van der Waals surface area contributed by atoms with Crippen LogP contribution in [0.5, 0.6) is 0 Å². The smallest absolute Gasteiger partial charge is 0.108 e. The lowest BCUT2D eigenvalue weighted by molar-refractivity contribution is 0.0364. The van der Waals surface area contributed by atoms with Crippen molar-refractivity contribution >= 4 is 0 Å². The summed E-state index contributed by atoms with van der Waals surface area (Å²) in [6.07, 6.45) is 7.13. The van der Waals surface area contributed by atoms with Crippen LogP contribution in [0.2, 0.25) is 0 Å². The van der Waals surface area contributed by atoms with Gasteiger partial charge in [-0.3, -0.25) is 4.90 Å². The number of hydrogen-bond donors (Lipinski definition) is 1. The van der Waals surface area contributed by atoms with Crippen molar-refractivity contribution in [2.75, 3.05) is 13.6 Å². The normalized spacial score (nSPS) is 42.4. The van der Waals surface area contributed by atoms with Crippen LogP contribution in [-0.4, -0.2) is 36.1 Å². The van der Waals surface area contributed by atoms with Gasteiger partial charge in [0.15, 0.2) is 0 Å². The average molecular weight is 249 g/mol. The van der Waals surface area contributed by atoms with Crippen molar-refractivity contribution in [2.24, 2.45) is 5.92 Å². The summed E-state index contributed by atoms with van der Waals surface area (Å²) in [5.41, 5.74) is -0.274. The molecule has 1 aliphatic heterocycles. The topological polar surface area (TPSA) is 39.1 Å². The highest BCUT2D eigenvalue weighted by Crippen LogP contribution is 2.35. The molecular weight excluding hydrogens is 222 g/mol. The van der Waals surface area contributed by atoms with Crippen molar-refractivity contribution in [1.29, 1.82) is 5.26 Å². The molecule has 0 spiro atoms. The molecule has 0 radical (unpaired) electrons. The van der Waals surface area contributed by atoms with Gasteiger partial charge in [-0.15, -0.1) is 0 Å². The minimum absolute atomic E-state index is 0.274. The summed E-state index contributed by atoms with van der Waals surface area (Å²) in [6, 6.07) is 3.80. The molecule has 3 nitrogen and oxygen atoms in total. The first kappa shape index (κ1) is 13.8. The second-order valence-corrected chi connectivity index (χ2v) is 6.29. The molecule has 2 rings (SSSR count). The third-order valence-electron chi connectivity index (χ3n) is 5.31. The van der Waals surface area contributed by atoms with E-state index in [1.807, 2.05) is 7.05 Å². The van der Waals surface area contributed by atoms with Gasteiger partial charge < -0.3 is 5.32 Å². The van der Waals surface area contributed by atoms with Crippen molar-refractivity contribution in [3.63, 3.8) is 0 Å². The third-order valence-corrected chi connectivity index (χ3v) is 5.31. The molecule has 1 heterocycles. The lowest BCUT2D eigenvalue weighted by Gasteiger charge is -2.47. The zero-order valence-corrected chi connectivity index (χ0v) is 12.1. The summed E-state index contributed by atoms with van der Waals surface area (Å²) in [6.45, 7) is 5.96. The van der Waals surface area contributed by atoms with Gasteiger partial charge in [0, 0.05) is 12.1 Å². The highest BCUT2D eigenvalue weighted by Gasteiger charge is 2.40. The first-order valence-corrected chi connectivity index (χ1v) is 7.48. The fourth-order valence-electron chi connectivity index (χ4n) is 3.80. The van der Waals surface area contributed by atoms with E-state index in [9.17, 15) is 5.26 Å². The fourth-order valence-corrected chi connectivity index (χ4v) is 3.80. The van der Waals surface area contributed by atoms with Crippen LogP contribution in [0, 0.1) is 17.2 Å². The summed E-state index contributed by atoms with van der Waals surface area (Å²) in [5, 5.41) is 12.7. The van der Waals surface area contributed by atoms with Crippen LogP contribution in [0.4, 0.5) is 0 Å². The molecule has 2 aliphatic rings. The number of hydrogen-bond acceptors (Lipinski definition) is 3. The van der Waals surface area contributed by atoms with Gasteiger partial charge >= 0.3 is 0 Å². The number of nitrogens with zero attached hydrogens (tertiary/aromatic N) is 2. The van der Waals surface area contributed by atoms with Gasteiger partial charge in [-0.1, -0.05) is 6.92 Å². The molecule has 1 saturated heterocycles. The number of likely N-dealkylation sites (tertiary alicyclic amines) is 1. The Labute approximate surface area is 112 Å². The lowest BCUT2D eigenvalue weighted by Crippen LogP contribution is -2.55. The van der Waals surface area contributed by atoms with Crippen LogP contribution in [0.1, 0.15) is 52.4 Å². The van der Waals surface area contributed by atoms with Gasteiger partial charge in [0.1, 0.15) is 5.54 Å². The molecule has 1 aliphatic carbocycles. The van der Waals surface area contributed by atoms with E-state index in [1.54, 1.807) is 0 Å². The predicted octanol–water partition coefficient (Wildman–Crippen LogP) is 2.53. The van der Waals surface area contributed by atoms with Crippen LogP contribution in [0.3, 0.4) is 0 Å². The Balaban J connectivity index is 2.07. The molecular formula is C15H27N3. The zero-order valence-electron chi connectivity index (χ0n) is 12.1. The van der Waals surface area contributed by atoms with Crippen molar-refractivity contribution in [3.8, 4) is 6.07 Å². The van der Waals surface area contributed by atoms with Gasteiger partial charge in [0.25, 0.3) is 0 Å². The summed E-state index contributed by atoms with van der Waals surface area (Å²) in [7, 11) is 1.94. The van der Waals surface area contributed by atoms with E-state index < -0.39 is 0 Å². The molecule has 102 valence electrons. The maximum Gasteiger partial charge on any atom is 0.108 e. The number of piperidine rings is 1. The Morgan fingerprint density at radius 3 is 2.72 bits per heavy atom. The number of nitrogens with one attached hydrogen (secondary N) is 1. The van der Waals surface area contributed by atoms with E-state index in [-0.39, 0.29) is 5.54 Å². The maximum absolute atomic E-state index is 9.44. The molecule has 2 fully saturated rings. The van der Waals surface area contributed by atoms with Crippen LogP contribution < -0.4 is 5.32 Å². The van der Waals surface area contributed by atoms with Crippen LogP contribution in [-0.2, 0) is 0 Å². The highest BCUT2D eigenvalue weighted by atomic mass is 15.2. The molecule has 0 aromatic carbocycles. The maximum atomic E-state index is 9.44. The summed E-state index contributed by atoms with van der Waals surface area (Å²) >= 11 is 0. The van der Waals surface area contributed by atoms with Gasteiger partial charge in [0.05, 0.1) is 6.07 Å². The van der Waals surface area contributed by atoms with E-state index in [0.717, 1.165) is 18.8 Å². The van der Waals surface area contributed by atoms with Gasteiger partial charge in [-0.25, -0.2) is 0 Å². The Morgan fingerprint density at radius 2 is 2.06 bits per heavy atom. The van der Waals surface area contributed by atoms with Crippen molar-refractivity contribution in [1.82, 2.24) is 10.2 Å². The molecule has 18 heavy (non-hydrogen) atoms. The quantitative estimate of drug-likeness (QED) is 0.817. The predicted molar refractivity (Wildman–Crippen MR) is 74.2 cm³/mol. The Bertz CT molecular complexity index is 322. The molecule has 4 atom stereocenters. The monoisotopic (exact) mass is 249 g/mol. The summed E-state index contributed by atoms with van der Waals surface area (Å²) in [4.78, 5) is 2.68. The Hall–Kier alpha value is -0.590. The van der Waals surface area contributed by atoms with Crippen LogP contribution in [0.15, 0.2) is 0 Å². The summed E-state index contributed by atoms with van der Waals surface area (Å²) in [5.74, 6) is 0.798. The minimum Gasteiger partial charge on any atom is -0.302 e. The summed E-state index contributed by atoms with van der Waals surface area (Å²) < 4.78 is 0. The SMILES string of the molecule is CNC1(C#N)CCCC(N2CCCC(C)C2C)C1. The lowest BCUT2D eigenvalue weighted by atomic mass is 9.77. The number of nitriles is 1. The van der Waals surface area contributed by atoms with Gasteiger partial charge in [-0.2, -0.15) is 5.26 Å². The third kappa shape index (κ3) is 2.55. The second kappa shape index (κ2) is 5.59. The Morgan fingerprint density at radius 1 is 1.28 bits per heavy atom. The average Bonchev–Trinajstić information content (AvgIpc) is 2.42. The van der Waals surface area contributed by atoms with Gasteiger partial charge in [0.2, 0.25) is 0 Å². The standard InChI is InChI=1S/C15H27N3/c1-12-6-5-9-18(13(12)2)14-7-4-8-15(10-14,11-16)17-3/h12-14,17H,4-10H2,1-3H3. The fraction of sp³-hybridized carbons (Fsp3) is 0.933. The van der Waals surface area contributed by atoms with Crippen LogP contribution >= 0.6 is 0 Å². The molecule has 0 amide bonds. The molecule has 1 N–H and O–H groups in total. The van der Waals surface area contributed by atoms with E-state index >= 15 is 0 Å². The van der Waals surface area contributed by atoms with Crippen molar-refractivity contribution in [3.05, 3.63) is 0 Å². The Kier molecular flexibility index (Phi) is 4.29. The molecule has 0 bridgehead atoms. The largest absolute Gasteiger partial charge is 0.302 e. The molecule has 0 aromatic heterocycles. The van der Waals surface area contributed by atoms with Crippen molar-refractivity contribution in [2.45, 2.75) is 70.0 Å². The highest BCUT2D eigenvalue weighted by molar-refractivity contribution is 5.11. The zero-order chi connectivity index (χ0) is 13.2. The van der Waals surface area contributed by atoms with Gasteiger partial charge in [-0.05, 0) is 65.0 Å². The second-order valence-electron chi connectivity index (χ2n) is 6.29. The first-order valence-electron chi connectivity index (χ1n) is 7.48. The molecule has 0 aromatic rings. The molecule has 1 saturated carbocycles. The van der Waals surface area contributed by atoms with Crippen LogP contribution in [0.25, 0.3) is 0 Å². The van der Waals surface area contributed by atoms with E-state index in [0.29, 0.717) is 12.1 Å². The van der Waals surface area contributed by atoms with E-state index in [1.165, 1.54) is 32.2 Å².